The molecule has 0 aliphatic rings. The minimum atomic E-state index is -0.239. The number of unbranched alkanes of at least 4 members (excludes halogenated alkanes) is 4. The van der Waals surface area contributed by atoms with E-state index < -0.39 is 0 Å². The zero-order valence-electron chi connectivity index (χ0n) is 22.8. The van der Waals surface area contributed by atoms with Gasteiger partial charge in [0.25, 0.3) is 11.8 Å². The fraction of sp³-hybridized carbons (Fsp3) is 0.885. The quantitative estimate of drug-likeness (QED) is 0.195. The predicted octanol–water partition coefficient (Wildman–Crippen LogP) is 1.50. The number of amides is 3. The number of quaternary nitrogens is 2. The first kappa shape index (κ1) is 32.3. The smallest absolute Gasteiger partial charge is 0.278 e. The van der Waals surface area contributed by atoms with E-state index in [1.165, 1.54) is 19.3 Å². The summed E-state index contributed by atoms with van der Waals surface area (Å²) < 4.78 is 0. The van der Waals surface area contributed by atoms with Crippen LogP contribution in [0.15, 0.2) is 0 Å². The van der Waals surface area contributed by atoms with E-state index >= 15 is 0 Å². The number of nitrogens with zero attached hydrogens (tertiary/aromatic N) is 1. The summed E-state index contributed by atoms with van der Waals surface area (Å²) in [5, 5.41) is 5.91. The van der Waals surface area contributed by atoms with Crippen LogP contribution in [0.5, 0.6) is 0 Å². The van der Waals surface area contributed by atoms with Crippen molar-refractivity contribution in [1.29, 1.82) is 0 Å². The Morgan fingerprint density at radius 2 is 1.15 bits per heavy atom. The Labute approximate surface area is 208 Å². The van der Waals surface area contributed by atoms with Crippen LogP contribution in [0.4, 0.5) is 0 Å². The van der Waals surface area contributed by atoms with E-state index in [1.807, 2.05) is 4.90 Å². The maximum atomic E-state index is 12.8. The van der Waals surface area contributed by atoms with E-state index in [2.05, 4.69) is 56.7 Å². The largest absolute Gasteiger partial charge is 0.351 e. The molecule has 2 atom stereocenters. The van der Waals surface area contributed by atoms with Crippen LogP contribution in [0.2, 0.25) is 0 Å². The molecule has 0 bridgehead atoms. The van der Waals surface area contributed by atoms with Crippen LogP contribution in [-0.2, 0) is 14.4 Å². The molecule has 0 aromatic heterocycles. The molecule has 8 N–H and O–H groups in total. The summed E-state index contributed by atoms with van der Waals surface area (Å²) in [7, 11) is 0. The maximum absolute atomic E-state index is 12.8. The highest BCUT2D eigenvalue weighted by molar-refractivity contribution is 5.80. The van der Waals surface area contributed by atoms with Crippen molar-refractivity contribution in [2.45, 2.75) is 111 Å². The summed E-state index contributed by atoms with van der Waals surface area (Å²) >= 11 is 0. The van der Waals surface area contributed by atoms with E-state index in [0.29, 0.717) is 57.3 Å². The highest BCUT2D eigenvalue weighted by Crippen LogP contribution is 2.08. The lowest BCUT2D eigenvalue weighted by Gasteiger charge is -2.23. The van der Waals surface area contributed by atoms with Gasteiger partial charge in [0.15, 0.2) is 12.1 Å². The molecule has 0 aromatic carbocycles. The van der Waals surface area contributed by atoms with Crippen LogP contribution < -0.4 is 22.1 Å². The third-order valence-electron chi connectivity index (χ3n) is 5.91. The van der Waals surface area contributed by atoms with Gasteiger partial charge in [-0.15, -0.1) is 0 Å². The van der Waals surface area contributed by atoms with Crippen LogP contribution in [-0.4, -0.2) is 60.9 Å². The maximum Gasteiger partial charge on any atom is 0.278 e. The van der Waals surface area contributed by atoms with Crippen LogP contribution in [0.25, 0.3) is 0 Å². The molecule has 0 aliphatic heterocycles. The first-order chi connectivity index (χ1) is 16.1. The minimum absolute atomic E-state index is 0.0191. The van der Waals surface area contributed by atoms with Crippen LogP contribution in [0.1, 0.15) is 98.8 Å². The van der Waals surface area contributed by atoms with Gasteiger partial charge in [0.05, 0.1) is 0 Å². The Bertz CT molecular complexity index is 533. The molecular weight excluding hydrogens is 430 g/mol. The van der Waals surface area contributed by atoms with Gasteiger partial charge in [0.2, 0.25) is 5.91 Å². The Morgan fingerprint density at radius 3 is 1.56 bits per heavy atom. The van der Waals surface area contributed by atoms with E-state index in [1.54, 1.807) is 0 Å². The molecule has 0 heterocycles. The third kappa shape index (κ3) is 16.9. The number of carbonyl (C=O) groups excluding carboxylic acids is 3. The topological polar surface area (TPSA) is 134 Å². The second-order valence-corrected chi connectivity index (χ2v) is 10.5. The lowest BCUT2D eigenvalue weighted by atomic mass is 10.0. The Balaban J connectivity index is 4.52. The van der Waals surface area contributed by atoms with Crippen LogP contribution in [0.3, 0.4) is 0 Å². The zero-order chi connectivity index (χ0) is 25.9. The van der Waals surface area contributed by atoms with Crippen molar-refractivity contribution >= 4 is 17.7 Å². The number of carbonyl (C=O) groups is 3. The minimum Gasteiger partial charge on any atom is -0.351 e. The van der Waals surface area contributed by atoms with Crippen molar-refractivity contribution in [3.8, 4) is 0 Å². The first-order valence-corrected chi connectivity index (χ1v) is 13.6. The zero-order valence-corrected chi connectivity index (χ0v) is 22.8. The summed E-state index contributed by atoms with van der Waals surface area (Å²) in [6.45, 7) is 12.8. The van der Waals surface area contributed by atoms with E-state index in [0.717, 1.165) is 25.7 Å². The standard InChI is InChI=1S/C26H53N5O3/c1-6-7-8-9-10-13-24(32)31(16-11-14-29-25(33)22(27)18-20(2)3)17-12-15-30-26(34)23(28)19-21(4)5/h20-23H,6-19,27-28H2,1-5H3,(H,29,33)(H,30,34)/p+2/t22-,23-/m1/s1. The van der Waals surface area contributed by atoms with Crippen LogP contribution in [0, 0.1) is 11.8 Å². The van der Waals surface area contributed by atoms with Gasteiger partial charge in [0.1, 0.15) is 0 Å². The fourth-order valence-corrected chi connectivity index (χ4v) is 4.00. The summed E-state index contributed by atoms with van der Waals surface area (Å²) in [6, 6.07) is -0.478. The monoisotopic (exact) mass is 485 g/mol. The lowest BCUT2D eigenvalue weighted by Crippen LogP contribution is -2.67. The average Bonchev–Trinajstić information content (AvgIpc) is 2.76. The van der Waals surface area contributed by atoms with Gasteiger partial charge in [-0.2, -0.15) is 0 Å². The molecule has 0 rings (SSSR count). The Hall–Kier alpha value is -1.67. The van der Waals surface area contributed by atoms with Gasteiger partial charge in [-0.25, -0.2) is 0 Å². The number of rotatable bonds is 20. The molecule has 0 spiro atoms. The summed E-state index contributed by atoms with van der Waals surface area (Å²) in [5.41, 5.74) is 7.90. The van der Waals surface area contributed by atoms with E-state index in [4.69, 9.17) is 0 Å². The van der Waals surface area contributed by atoms with Gasteiger partial charge in [-0.1, -0.05) is 60.3 Å². The van der Waals surface area contributed by atoms with Crippen molar-refractivity contribution in [3.63, 3.8) is 0 Å². The highest BCUT2D eigenvalue weighted by Gasteiger charge is 2.20. The van der Waals surface area contributed by atoms with Gasteiger partial charge < -0.3 is 27.0 Å². The molecule has 0 fully saturated rings. The molecule has 0 unspecified atom stereocenters. The molecule has 0 saturated heterocycles. The average molecular weight is 486 g/mol. The Kier molecular flexibility index (Phi) is 18.7. The normalized spacial score (nSPS) is 13.1. The SMILES string of the molecule is CCCCCCCC(=O)N(CCCNC(=O)[C@H]([NH3+])CC(C)C)CCCNC(=O)[C@H]([NH3+])CC(C)C. The molecular formula is C26H55N5O3+2. The second-order valence-electron chi connectivity index (χ2n) is 10.5. The van der Waals surface area contributed by atoms with Gasteiger partial charge >= 0.3 is 0 Å². The molecule has 0 saturated carbocycles. The highest BCUT2D eigenvalue weighted by atomic mass is 16.2. The first-order valence-electron chi connectivity index (χ1n) is 13.6. The van der Waals surface area contributed by atoms with Crippen molar-refractivity contribution in [2.24, 2.45) is 11.8 Å². The lowest BCUT2D eigenvalue weighted by molar-refractivity contribution is -0.407. The molecule has 8 nitrogen and oxygen atoms in total. The molecule has 3 amide bonds. The molecule has 34 heavy (non-hydrogen) atoms. The third-order valence-corrected chi connectivity index (χ3v) is 5.91. The summed E-state index contributed by atoms with van der Waals surface area (Å²) in [4.78, 5) is 39.1. The number of hydrogen-bond acceptors (Lipinski definition) is 3. The Morgan fingerprint density at radius 1 is 0.706 bits per heavy atom. The van der Waals surface area contributed by atoms with E-state index in [9.17, 15) is 14.4 Å². The molecule has 8 heteroatoms. The van der Waals surface area contributed by atoms with Gasteiger partial charge in [-0.3, -0.25) is 14.4 Å². The molecule has 200 valence electrons. The van der Waals surface area contributed by atoms with Gasteiger partial charge in [-0.05, 0) is 31.1 Å². The van der Waals surface area contributed by atoms with Crippen molar-refractivity contribution in [3.05, 3.63) is 0 Å². The molecule has 0 aliphatic carbocycles. The number of hydrogen-bond donors (Lipinski definition) is 4. The predicted molar refractivity (Wildman–Crippen MR) is 137 cm³/mol. The molecule has 0 aromatic rings. The fourth-order valence-electron chi connectivity index (χ4n) is 4.00. The second kappa shape index (κ2) is 19.6. The molecule has 0 radical (unpaired) electrons. The van der Waals surface area contributed by atoms with Crippen molar-refractivity contribution in [2.75, 3.05) is 26.2 Å². The summed E-state index contributed by atoms with van der Waals surface area (Å²) in [5.74, 6) is 0.995. The van der Waals surface area contributed by atoms with E-state index in [-0.39, 0.29) is 29.8 Å². The van der Waals surface area contributed by atoms with Crippen molar-refractivity contribution in [1.82, 2.24) is 15.5 Å². The summed E-state index contributed by atoms with van der Waals surface area (Å²) in [6.07, 6.45) is 9.10. The van der Waals surface area contributed by atoms with Crippen molar-refractivity contribution < 1.29 is 25.9 Å². The van der Waals surface area contributed by atoms with Gasteiger partial charge in [0, 0.05) is 45.4 Å². The van der Waals surface area contributed by atoms with Crippen LogP contribution >= 0.6 is 0 Å². The number of nitrogens with one attached hydrogen (secondary N) is 2.